The van der Waals surface area contributed by atoms with E-state index in [9.17, 15) is 8.42 Å². The van der Waals surface area contributed by atoms with Crippen LogP contribution < -0.4 is 0 Å². The summed E-state index contributed by atoms with van der Waals surface area (Å²) in [5.74, 6) is 0. The monoisotopic (exact) mass is 298 g/mol. The van der Waals surface area contributed by atoms with Crippen molar-refractivity contribution < 1.29 is 8.42 Å². The average molecular weight is 298 g/mol. The van der Waals surface area contributed by atoms with Crippen molar-refractivity contribution in [2.24, 2.45) is 0 Å². The molecular weight excluding hydrogens is 276 g/mol. The van der Waals surface area contributed by atoms with Gasteiger partial charge in [0, 0.05) is 25.8 Å². The van der Waals surface area contributed by atoms with Gasteiger partial charge in [-0.1, -0.05) is 13.8 Å². The van der Waals surface area contributed by atoms with Crippen LogP contribution in [0.4, 0.5) is 0 Å². The predicted octanol–water partition coefficient (Wildman–Crippen LogP) is 1.51. The summed E-state index contributed by atoms with van der Waals surface area (Å²) in [6, 6.07) is -0.187. The van der Waals surface area contributed by atoms with E-state index in [4.69, 9.17) is 0 Å². The van der Waals surface area contributed by atoms with Crippen LogP contribution in [0, 0.1) is 6.92 Å². The second-order valence-electron chi connectivity index (χ2n) is 4.95. The summed E-state index contributed by atoms with van der Waals surface area (Å²) in [5.41, 5.74) is 1.56. The molecule has 2 rings (SSSR count). The van der Waals surface area contributed by atoms with E-state index in [1.807, 2.05) is 20.8 Å². The minimum atomic E-state index is -3.41. The third-order valence-corrected chi connectivity index (χ3v) is 5.85. The van der Waals surface area contributed by atoms with E-state index in [1.165, 1.54) is 4.31 Å². The summed E-state index contributed by atoms with van der Waals surface area (Å²) in [6.07, 6.45) is 5.02. The maximum absolute atomic E-state index is 12.7. The van der Waals surface area contributed by atoms with Crippen LogP contribution in [-0.2, 0) is 10.2 Å². The van der Waals surface area contributed by atoms with Gasteiger partial charge in [-0.05, 0) is 19.8 Å². The molecule has 0 spiro atoms. The quantitative estimate of drug-likeness (QED) is 0.826. The molecule has 0 N–H and O–H groups in total. The first-order valence-electron chi connectivity index (χ1n) is 7.06. The van der Waals surface area contributed by atoms with Crippen molar-refractivity contribution in [2.45, 2.75) is 39.7 Å². The zero-order valence-electron chi connectivity index (χ0n) is 12.3. The molecule has 0 aliphatic carbocycles. The Hall–Kier alpha value is -1.05. The molecule has 6 nitrogen and oxygen atoms in total. The van der Waals surface area contributed by atoms with Crippen molar-refractivity contribution in [1.29, 1.82) is 0 Å². The molecule has 1 aliphatic rings. The van der Waals surface area contributed by atoms with Crippen LogP contribution in [0.1, 0.15) is 44.1 Å². The third-order valence-electron chi connectivity index (χ3n) is 3.65. The van der Waals surface area contributed by atoms with E-state index in [2.05, 4.69) is 9.97 Å². The maximum atomic E-state index is 12.7. The lowest BCUT2D eigenvalue weighted by Gasteiger charge is -2.29. The number of nitrogens with zero attached hydrogens (tertiary/aromatic N) is 4. The Bertz CT molecular complexity index is 557. The molecule has 0 saturated carbocycles. The predicted molar refractivity (Wildman–Crippen MR) is 77.3 cm³/mol. The lowest BCUT2D eigenvalue weighted by Crippen LogP contribution is -2.43. The molecule has 20 heavy (non-hydrogen) atoms. The first-order valence-corrected chi connectivity index (χ1v) is 8.45. The highest BCUT2D eigenvalue weighted by molar-refractivity contribution is 7.86. The molecule has 1 unspecified atom stereocenters. The molecule has 0 amide bonds. The molecule has 1 saturated heterocycles. The van der Waals surface area contributed by atoms with Crippen molar-refractivity contribution in [1.82, 2.24) is 18.6 Å². The van der Waals surface area contributed by atoms with Gasteiger partial charge in [0.1, 0.15) is 0 Å². The second kappa shape index (κ2) is 6.15. The van der Waals surface area contributed by atoms with Gasteiger partial charge in [-0.3, -0.25) is 9.97 Å². The van der Waals surface area contributed by atoms with Gasteiger partial charge in [-0.25, -0.2) is 0 Å². The van der Waals surface area contributed by atoms with Crippen LogP contribution in [0.15, 0.2) is 12.4 Å². The smallest absolute Gasteiger partial charge is 0.261 e. The van der Waals surface area contributed by atoms with Gasteiger partial charge in [0.15, 0.2) is 0 Å². The van der Waals surface area contributed by atoms with Crippen molar-refractivity contribution in [3.05, 3.63) is 23.8 Å². The number of aromatic nitrogens is 2. The van der Waals surface area contributed by atoms with Gasteiger partial charge >= 0.3 is 0 Å². The van der Waals surface area contributed by atoms with Crippen LogP contribution in [-0.4, -0.2) is 46.6 Å². The van der Waals surface area contributed by atoms with E-state index >= 15 is 0 Å². The van der Waals surface area contributed by atoms with Crippen molar-refractivity contribution in [3.63, 3.8) is 0 Å². The Balaban J connectivity index is 2.32. The first kappa shape index (κ1) is 15.3. The third kappa shape index (κ3) is 2.84. The van der Waals surface area contributed by atoms with Crippen molar-refractivity contribution >= 4 is 10.2 Å². The molecule has 0 bridgehead atoms. The summed E-state index contributed by atoms with van der Waals surface area (Å²) < 4.78 is 28.4. The van der Waals surface area contributed by atoms with E-state index in [0.717, 1.165) is 24.2 Å². The van der Waals surface area contributed by atoms with Crippen molar-refractivity contribution in [3.8, 4) is 0 Å². The average Bonchev–Trinajstić information content (AvgIpc) is 2.89. The molecule has 2 heterocycles. The minimum absolute atomic E-state index is 0.187. The fourth-order valence-electron chi connectivity index (χ4n) is 2.65. The number of rotatable bonds is 5. The number of hydrogen-bond acceptors (Lipinski definition) is 4. The molecule has 112 valence electrons. The van der Waals surface area contributed by atoms with Crippen LogP contribution in [0.25, 0.3) is 0 Å². The van der Waals surface area contributed by atoms with Crippen LogP contribution >= 0.6 is 0 Å². The normalized spacial score (nSPS) is 20.7. The number of aryl methyl sites for hydroxylation is 1. The summed E-state index contributed by atoms with van der Waals surface area (Å²) in [5, 5.41) is 0. The van der Waals surface area contributed by atoms with Gasteiger partial charge in [0.25, 0.3) is 10.2 Å². The summed E-state index contributed by atoms with van der Waals surface area (Å²) in [7, 11) is -3.41. The molecule has 1 aliphatic heterocycles. The van der Waals surface area contributed by atoms with E-state index in [-0.39, 0.29) is 6.04 Å². The highest BCUT2D eigenvalue weighted by Gasteiger charge is 2.38. The highest BCUT2D eigenvalue weighted by Crippen LogP contribution is 2.34. The Kier molecular flexibility index (Phi) is 4.72. The summed E-state index contributed by atoms with van der Waals surface area (Å²) >= 11 is 0. The summed E-state index contributed by atoms with van der Waals surface area (Å²) in [6.45, 7) is 7.12. The SMILES string of the molecule is CCN(CC)S(=O)(=O)N1CCCC1c1cncc(C)n1. The van der Waals surface area contributed by atoms with Gasteiger partial charge in [-0.2, -0.15) is 17.0 Å². The fraction of sp³-hybridized carbons (Fsp3) is 0.692. The molecule has 0 aromatic carbocycles. The summed E-state index contributed by atoms with van der Waals surface area (Å²) in [4.78, 5) is 8.58. The standard InChI is InChI=1S/C13H22N4O2S/c1-4-16(5-2)20(18,19)17-8-6-7-13(17)12-10-14-9-11(3)15-12/h9-10,13H,4-8H2,1-3H3. The van der Waals surface area contributed by atoms with Gasteiger partial charge < -0.3 is 0 Å². The Morgan fingerprint density at radius 2 is 2.05 bits per heavy atom. The Labute approximate surface area is 121 Å². The van der Waals surface area contributed by atoms with Crippen LogP contribution in [0.3, 0.4) is 0 Å². The molecule has 1 aromatic heterocycles. The molecule has 1 aromatic rings. The zero-order valence-corrected chi connectivity index (χ0v) is 13.1. The van der Waals surface area contributed by atoms with Gasteiger partial charge in [0.2, 0.25) is 0 Å². The maximum Gasteiger partial charge on any atom is 0.282 e. The highest BCUT2D eigenvalue weighted by atomic mass is 32.2. The molecule has 7 heteroatoms. The van der Waals surface area contributed by atoms with E-state index in [1.54, 1.807) is 16.7 Å². The molecule has 0 radical (unpaired) electrons. The minimum Gasteiger partial charge on any atom is -0.261 e. The fourth-order valence-corrected chi connectivity index (χ4v) is 4.50. The largest absolute Gasteiger partial charge is 0.282 e. The topological polar surface area (TPSA) is 66.4 Å². The lowest BCUT2D eigenvalue weighted by atomic mass is 10.2. The van der Waals surface area contributed by atoms with Crippen molar-refractivity contribution in [2.75, 3.05) is 19.6 Å². The van der Waals surface area contributed by atoms with Gasteiger partial charge in [0.05, 0.1) is 23.6 Å². The zero-order chi connectivity index (χ0) is 14.8. The Morgan fingerprint density at radius 3 is 2.65 bits per heavy atom. The van der Waals surface area contributed by atoms with Crippen LogP contribution in [0.5, 0.6) is 0 Å². The lowest BCUT2D eigenvalue weighted by molar-refractivity contribution is 0.334. The first-order chi connectivity index (χ1) is 9.50. The van der Waals surface area contributed by atoms with E-state index < -0.39 is 10.2 Å². The number of hydrogen-bond donors (Lipinski definition) is 0. The molecule has 1 atom stereocenters. The van der Waals surface area contributed by atoms with Gasteiger partial charge in [-0.15, -0.1) is 0 Å². The van der Waals surface area contributed by atoms with Crippen LogP contribution in [0.2, 0.25) is 0 Å². The molecule has 1 fully saturated rings. The Morgan fingerprint density at radius 1 is 1.35 bits per heavy atom. The molecular formula is C13H22N4O2S. The van der Waals surface area contributed by atoms with E-state index in [0.29, 0.717) is 19.6 Å². The second-order valence-corrected chi connectivity index (χ2v) is 6.83.